The van der Waals surface area contributed by atoms with Crippen molar-refractivity contribution < 1.29 is 27.2 Å². The van der Waals surface area contributed by atoms with Gasteiger partial charge in [-0.2, -0.15) is 0 Å². The fourth-order valence-electron chi connectivity index (χ4n) is 6.15. The van der Waals surface area contributed by atoms with Crippen molar-refractivity contribution >= 4 is 21.5 Å². The number of aryl methyl sites for hydroxylation is 4. The molecule has 0 radical (unpaired) electrons. The normalized spacial score (nSPS) is 12.5. The van der Waals surface area contributed by atoms with Crippen LogP contribution in [0, 0.1) is 39.5 Å². The number of carbonyl (C=O) groups is 2. The Hall–Kier alpha value is -5.15. The fourth-order valence-corrected chi connectivity index (χ4v) is 6.15. The first-order valence-corrected chi connectivity index (χ1v) is 21.7. The van der Waals surface area contributed by atoms with Crippen LogP contribution in [0.2, 0.25) is 0 Å². The Morgan fingerprint density at radius 1 is 0.667 bits per heavy atom. The van der Waals surface area contributed by atoms with Gasteiger partial charge in [0.15, 0.2) is 0 Å². The molecule has 303 valence electrons. The van der Waals surface area contributed by atoms with Crippen molar-refractivity contribution in [3.05, 3.63) is 133 Å². The van der Waals surface area contributed by atoms with Gasteiger partial charge in [0.2, 0.25) is 11.8 Å². The van der Waals surface area contributed by atoms with Crippen molar-refractivity contribution in [2.45, 2.75) is 79.3 Å². The average Bonchev–Trinajstić information content (AvgIpc) is 3.96. The van der Waals surface area contributed by atoms with Crippen molar-refractivity contribution in [2.75, 3.05) is 0 Å². The summed E-state index contributed by atoms with van der Waals surface area (Å²) in [5.41, 5.74) is 16.4. The maximum atomic E-state index is 12.1. The first-order valence-electron chi connectivity index (χ1n) is 18.6. The number of primary amides is 1. The molecule has 0 bridgehead atoms. The molecule has 13 nitrogen and oxygen atoms in total. The SMILES string of the molecule is CCC(CC(CC(CC(C)n1ccnc1)n1ccnc1)C(N)=O)C(=O)NN.Cc1ccnc(-c2cc(C)ccn2)c1.Cc1ccnc(-c2cc(C)ccn2)c1.[Cl][Os]. The predicted molar refractivity (Wildman–Crippen MR) is 221 cm³/mol. The zero-order valence-corrected chi connectivity index (χ0v) is 36.6. The van der Waals surface area contributed by atoms with Crippen LogP contribution < -0.4 is 17.0 Å². The summed E-state index contributed by atoms with van der Waals surface area (Å²) in [5.74, 6) is 3.81. The van der Waals surface area contributed by atoms with Gasteiger partial charge in [0.05, 0.1) is 35.4 Å². The molecule has 5 N–H and O–H groups in total. The molecule has 4 atom stereocenters. The van der Waals surface area contributed by atoms with Gasteiger partial charge < -0.3 is 14.9 Å². The first-order chi connectivity index (χ1) is 27.5. The van der Waals surface area contributed by atoms with E-state index in [2.05, 4.69) is 79.6 Å². The van der Waals surface area contributed by atoms with Crippen LogP contribution in [-0.2, 0) is 27.2 Å². The molecule has 6 rings (SSSR count). The molecule has 4 unspecified atom stereocenters. The Balaban J connectivity index is 0.000000243. The second-order valence-electron chi connectivity index (χ2n) is 13.8. The summed E-state index contributed by atoms with van der Waals surface area (Å²) in [6, 6.07) is 16.3. The molecule has 6 aromatic rings. The second kappa shape index (κ2) is 24.5. The first kappa shape index (κ1) is 46.2. The van der Waals surface area contributed by atoms with Gasteiger partial charge in [-0.05, 0) is 131 Å². The van der Waals surface area contributed by atoms with Gasteiger partial charge in [-0.15, -0.1) is 0 Å². The number of rotatable bonds is 13. The molecule has 0 aliphatic rings. The number of nitrogens with one attached hydrogen (secondary N) is 1. The Morgan fingerprint density at radius 2 is 1.07 bits per heavy atom. The van der Waals surface area contributed by atoms with E-state index in [-0.39, 0.29) is 23.9 Å². The van der Waals surface area contributed by atoms with Crippen LogP contribution in [0.25, 0.3) is 22.8 Å². The molecule has 6 aromatic heterocycles. The van der Waals surface area contributed by atoms with Gasteiger partial charge >= 0.3 is 27.2 Å². The summed E-state index contributed by atoms with van der Waals surface area (Å²) in [6.45, 7) is 12.2. The van der Waals surface area contributed by atoms with E-state index in [1.807, 2.05) is 102 Å². The zero-order valence-electron chi connectivity index (χ0n) is 33.3. The number of pyridine rings is 4. The second-order valence-corrected chi connectivity index (χ2v) is 13.8. The minimum atomic E-state index is -0.436. The van der Waals surface area contributed by atoms with E-state index in [1.165, 1.54) is 39.9 Å². The van der Waals surface area contributed by atoms with Crippen LogP contribution in [0.1, 0.15) is 73.9 Å². The van der Waals surface area contributed by atoms with Crippen molar-refractivity contribution in [3.63, 3.8) is 0 Å². The third-order valence-corrected chi connectivity index (χ3v) is 9.31. The fraction of sp³-hybridized carbons (Fsp3) is 0.333. The van der Waals surface area contributed by atoms with Gasteiger partial charge in [0.1, 0.15) is 0 Å². The number of nitrogens with zero attached hydrogens (tertiary/aromatic N) is 8. The molecular weight excluding hydrogens is 916 g/mol. The van der Waals surface area contributed by atoms with Gasteiger partial charge in [0.25, 0.3) is 0 Å². The van der Waals surface area contributed by atoms with Gasteiger partial charge in [-0.1, -0.05) is 6.92 Å². The van der Waals surface area contributed by atoms with E-state index in [0.717, 1.165) is 29.2 Å². The molecule has 0 aliphatic heterocycles. The molecule has 0 fully saturated rings. The Labute approximate surface area is 350 Å². The molecule has 0 aliphatic carbocycles. The molecule has 6 heterocycles. The summed E-state index contributed by atoms with van der Waals surface area (Å²) in [4.78, 5) is 49.4. The number of nitrogens with two attached hydrogens (primary N) is 2. The third-order valence-electron chi connectivity index (χ3n) is 9.31. The zero-order chi connectivity index (χ0) is 41.7. The van der Waals surface area contributed by atoms with E-state index >= 15 is 0 Å². The summed E-state index contributed by atoms with van der Waals surface area (Å²) < 4.78 is 4.02. The Morgan fingerprint density at radius 3 is 1.39 bits per heavy atom. The molecular formula is C42H53ClN11O2Os. The predicted octanol–water partition coefficient (Wildman–Crippen LogP) is 7.38. The van der Waals surface area contributed by atoms with Gasteiger partial charge in [-0.25, -0.2) is 15.8 Å². The van der Waals surface area contributed by atoms with E-state index in [4.69, 9.17) is 11.6 Å². The molecule has 2 amide bonds. The van der Waals surface area contributed by atoms with Crippen LogP contribution in [-0.4, -0.2) is 50.9 Å². The quantitative estimate of drug-likeness (QED) is 0.0604. The van der Waals surface area contributed by atoms with Crippen molar-refractivity contribution in [2.24, 2.45) is 23.4 Å². The van der Waals surface area contributed by atoms with E-state index in [0.29, 0.717) is 19.3 Å². The topological polar surface area (TPSA) is 185 Å². The number of imidazole rings is 2. The molecule has 0 saturated carbocycles. The van der Waals surface area contributed by atoms with Gasteiger partial charge in [-0.3, -0.25) is 35.0 Å². The van der Waals surface area contributed by atoms with Crippen molar-refractivity contribution in [1.29, 1.82) is 0 Å². The van der Waals surface area contributed by atoms with Crippen molar-refractivity contribution in [1.82, 2.24) is 44.5 Å². The number of carbonyl (C=O) groups excluding carboxylic acids is 2. The van der Waals surface area contributed by atoms with Crippen LogP contribution in [0.3, 0.4) is 0 Å². The number of halogens is 1. The monoisotopic (exact) mass is 970 g/mol. The van der Waals surface area contributed by atoms with Crippen LogP contribution in [0.4, 0.5) is 0 Å². The molecule has 0 spiro atoms. The number of hydrogen-bond donors (Lipinski definition) is 3. The Bertz CT molecular complexity index is 1910. The number of aromatic nitrogens is 8. The standard InChI is InChI=1S/C18H29N7O2.2C12H12N2.ClH.Os/c1-3-14(18(27)23-20)9-15(17(19)26)10-16(25-7-5-22-12-25)8-13(2)24-6-4-21-11-24;2*1-9-3-5-13-11(7-9)12-8-10(2)4-6-14-12;;/h4-7,11-16H,3,8-10,20H2,1-2H3,(H2,19,26)(H,23,27);2*3-8H,1-2H3;1H;/q;;;;+1/p-1. The van der Waals surface area contributed by atoms with Crippen LogP contribution in [0.15, 0.2) is 111 Å². The van der Waals surface area contributed by atoms with E-state index in [1.54, 1.807) is 25.0 Å². The third kappa shape index (κ3) is 15.4. The average molecular weight is 970 g/mol. The van der Waals surface area contributed by atoms with E-state index < -0.39 is 11.8 Å². The molecule has 15 heteroatoms. The summed E-state index contributed by atoms with van der Waals surface area (Å²) in [5, 5.41) is 0. The van der Waals surface area contributed by atoms with E-state index in [9.17, 15) is 9.59 Å². The minimum absolute atomic E-state index is 0.0147. The number of amides is 2. The van der Waals surface area contributed by atoms with Crippen LogP contribution >= 0.6 is 9.64 Å². The molecule has 0 aromatic carbocycles. The summed E-state index contributed by atoms with van der Waals surface area (Å²) in [6.07, 6.45) is 20.3. The number of hydrazine groups is 1. The molecule has 57 heavy (non-hydrogen) atoms. The van der Waals surface area contributed by atoms with Gasteiger partial charge in [0, 0.05) is 73.5 Å². The number of hydrogen-bond acceptors (Lipinski definition) is 9. The maximum absolute atomic E-state index is 12.1. The van der Waals surface area contributed by atoms with Crippen molar-refractivity contribution in [3.8, 4) is 22.8 Å². The Kier molecular flexibility index (Phi) is 19.9. The molecule has 0 saturated heterocycles. The summed E-state index contributed by atoms with van der Waals surface area (Å²) in [7, 11) is 4.67. The summed E-state index contributed by atoms with van der Waals surface area (Å²) >= 11 is 1.33. The van der Waals surface area contributed by atoms with Crippen LogP contribution in [0.5, 0.6) is 0 Å².